The van der Waals surface area contributed by atoms with Crippen molar-refractivity contribution in [1.29, 1.82) is 0 Å². The number of benzene rings is 3. The highest BCUT2D eigenvalue weighted by Gasteiger charge is 2.37. The van der Waals surface area contributed by atoms with Gasteiger partial charge in [0, 0.05) is 38.5 Å². The molecule has 4 N–H and O–H groups in total. The van der Waals surface area contributed by atoms with Crippen LogP contribution in [0.1, 0.15) is 57.6 Å². The zero-order valence-corrected chi connectivity index (χ0v) is 27.4. The van der Waals surface area contributed by atoms with Gasteiger partial charge in [-0.1, -0.05) is 86.6 Å². The summed E-state index contributed by atoms with van der Waals surface area (Å²) < 4.78 is 5.87. The van der Waals surface area contributed by atoms with Gasteiger partial charge >= 0.3 is 0 Å². The topological polar surface area (TPSA) is 120 Å². The Morgan fingerprint density at radius 2 is 1.63 bits per heavy atom. The van der Waals surface area contributed by atoms with Gasteiger partial charge in [-0.05, 0) is 54.5 Å². The number of hydrogen-bond acceptors (Lipinski definition) is 6. The molecule has 3 aromatic carbocycles. The fraction of sp³-hybridized carbons (Fsp3) is 0.486. The second-order valence-electron chi connectivity index (χ2n) is 12.3. The SMILES string of the molecule is CCC(CC)C(=O)N1CCCC1C(=O)NC(Cc1ccc2ccccc2c1)C(=O)NCC(O)CNCC(C)OCc1ccccc1. The van der Waals surface area contributed by atoms with Crippen molar-refractivity contribution in [1.82, 2.24) is 20.9 Å². The minimum atomic E-state index is -0.870. The maximum absolute atomic E-state index is 13.6. The third kappa shape index (κ3) is 10.1. The molecule has 4 atom stereocenters. The first kappa shape index (κ1) is 35.1. The zero-order valence-electron chi connectivity index (χ0n) is 27.4. The fourth-order valence-corrected chi connectivity index (χ4v) is 5.99. The number of amides is 3. The van der Waals surface area contributed by atoms with Crippen LogP contribution in [-0.4, -0.2) is 78.2 Å². The van der Waals surface area contributed by atoms with E-state index in [9.17, 15) is 19.5 Å². The predicted molar refractivity (Wildman–Crippen MR) is 181 cm³/mol. The summed E-state index contributed by atoms with van der Waals surface area (Å²) in [4.78, 5) is 42.0. The maximum atomic E-state index is 13.6. The molecule has 0 aliphatic carbocycles. The maximum Gasteiger partial charge on any atom is 0.243 e. The van der Waals surface area contributed by atoms with E-state index in [1.165, 1.54) is 0 Å². The van der Waals surface area contributed by atoms with E-state index in [-0.39, 0.29) is 49.3 Å². The molecule has 9 heteroatoms. The van der Waals surface area contributed by atoms with Crippen LogP contribution in [-0.2, 0) is 32.1 Å². The Morgan fingerprint density at radius 1 is 0.913 bits per heavy atom. The first-order valence-corrected chi connectivity index (χ1v) is 16.7. The first-order chi connectivity index (χ1) is 22.3. The van der Waals surface area contributed by atoms with E-state index >= 15 is 0 Å². The molecule has 1 aliphatic heterocycles. The Labute approximate surface area is 273 Å². The number of rotatable bonds is 17. The number of carbonyl (C=O) groups excluding carboxylic acids is 3. The van der Waals surface area contributed by atoms with E-state index in [0.717, 1.165) is 41.2 Å². The van der Waals surface area contributed by atoms with Crippen LogP contribution in [0.2, 0.25) is 0 Å². The summed E-state index contributed by atoms with van der Waals surface area (Å²) in [5.74, 6) is -0.798. The molecule has 3 aromatic rings. The molecule has 46 heavy (non-hydrogen) atoms. The predicted octanol–water partition coefficient (Wildman–Crippen LogP) is 3.97. The van der Waals surface area contributed by atoms with Crippen LogP contribution in [0.25, 0.3) is 10.8 Å². The summed E-state index contributed by atoms with van der Waals surface area (Å²) in [6.07, 6.45) is 2.16. The van der Waals surface area contributed by atoms with Gasteiger partial charge in [-0.25, -0.2) is 0 Å². The van der Waals surface area contributed by atoms with E-state index in [1.54, 1.807) is 4.90 Å². The van der Waals surface area contributed by atoms with Crippen LogP contribution < -0.4 is 16.0 Å². The molecule has 0 aromatic heterocycles. The summed E-state index contributed by atoms with van der Waals surface area (Å²) in [5.41, 5.74) is 2.00. The van der Waals surface area contributed by atoms with Gasteiger partial charge in [0.25, 0.3) is 0 Å². The van der Waals surface area contributed by atoms with Crippen molar-refractivity contribution in [2.75, 3.05) is 26.2 Å². The summed E-state index contributed by atoms with van der Waals surface area (Å²) in [7, 11) is 0. The second-order valence-corrected chi connectivity index (χ2v) is 12.3. The molecule has 1 aliphatic rings. The van der Waals surface area contributed by atoms with Gasteiger partial charge in [-0.2, -0.15) is 0 Å². The quantitative estimate of drug-likeness (QED) is 0.179. The first-order valence-electron chi connectivity index (χ1n) is 16.7. The van der Waals surface area contributed by atoms with Gasteiger partial charge in [0.15, 0.2) is 0 Å². The summed E-state index contributed by atoms with van der Waals surface area (Å²) in [6, 6.07) is 22.5. The van der Waals surface area contributed by atoms with Gasteiger partial charge < -0.3 is 30.7 Å². The summed E-state index contributed by atoms with van der Waals surface area (Å²) >= 11 is 0. The number of aliphatic hydroxyl groups excluding tert-OH is 1. The third-order valence-electron chi connectivity index (χ3n) is 8.76. The number of hydrogen-bond donors (Lipinski definition) is 4. The number of fused-ring (bicyclic) bond motifs is 1. The molecule has 4 rings (SSSR count). The monoisotopic (exact) mass is 630 g/mol. The van der Waals surface area contributed by atoms with Crippen LogP contribution >= 0.6 is 0 Å². The van der Waals surface area contributed by atoms with E-state index in [4.69, 9.17) is 4.74 Å². The van der Waals surface area contributed by atoms with Crippen LogP contribution in [0.3, 0.4) is 0 Å². The van der Waals surface area contributed by atoms with Crippen LogP contribution in [0, 0.1) is 5.92 Å². The molecule has 4 unspecified atom stereocenters. The molecular formula is C37H50N4O5. The molecule has 3 amide bonds. The van der Waals surface area contributed by atoms with Crippen molar-refractivity contribution in [2.45, 2.75) is 83.8 Å². The second kappa shape index (κ2) is 17.8. The molecule has 1 fully saturated rings. The number of nitrogens with one attached hydrogen (secondary N) is 3. The van der Waals surface area contributed by atoms with E-state index < -0.39 is 18.2 Å². The number of nitrogens with zero attached hydrogens (tertiary/aromatic N) is 1. The average molecular weight is 631 g/mol. The molecule has 248 valence electrons. The average Bonchev–Trinajstić information content (AvgIpc) is 3.57. The number of aliphatic hydroxyl groups is 1. The third-order valence-corrected chi connectivity index (χ3v) is 8.76. The largest absolute Gasteiger partial charge is 0.390 e. The van der Waals surface area contributed by atoms with Gasteiger partial charge in [0.1, 0.15) is 12.1 Å². The van der Waals surface area contributed by atoms with Gasteiger partial charge in [-0.3, -0.25) is 14.4 Å². The van der Waals surface area contributed by atoms with Crippen molar-refractivity contribution in [3.8, 4) is 0 Å². The van der Waals surface area contributed by atoms with Gasteiger partial charge in [-0.15, -0.1) is 0 Å². The van der Waals surface area contributed by atoms with Crippen molar-refractivity contribution in [3.63, 3.8) is 0 Å². The Balaban J connectivity index is 1.34. The van der Waals surface area contributed by atoms with E-state index in [0.29, 0.717) is 26.1 Å². The molecule has 0 saturated carbocycles. The van der Waals surface area contributed by atoms with Crippen molar-refractivity contribution < 1.29 is 24.2 Å². The zero-order chi connectivity index (χ0) is 32.9. The molecule has 0 radical (unpaired) electrons. The smallest absolute Gasteiger partial charge is 0.243 e. The highest BCUT2D eigenvalue weighted by molar-refractivity contribution is 5.93. The molecular weight excluding hydrogens is 580 g/mol. The van der Waals surface area contributed by atoms with E-state index in [1.807, 2.05) is 93.6 Å². The fourth-order valence-electron chi connectivity index (χ4n) is 5.99. The lowest BCUT2D eigenvalue weighted by molar-refractivity contribution is -0.142. The number of likely N-dealkylation sites (tertiary alicyclic amines) is 1. The van der Waals surface area contributed by atoms with E-state index in [2.05, 4.69) is 16.0 Å². The van der Waals surface area contributed by atoms with Gasteiger partial charge in [0.05, 0.1) is 18.8 Å². The minimum Gasteiger partial charge on any atom is -0.390 e. The van der Waals surface area contributed by atoms with Crippen molar-refractivity contribution >= 4 is 28.5 Å². The van der Waals surface area contributed by atoms with Crippen LogP contribution in [0.15, 0.2) is 72.8 Å². The lowest BCUT2D eigenvalue weighted by atomic mass is 10.00. The number of ether oxygens (including phenoxy) is 1. The standard InChI is InChI=1S/C37H50N4O5/c1-4-29(5-2)37(45)41-19-11-16-34(41)36(44)40-33(21-28-17-18-30-14-9-10-15-31(30)20-28)35(43)39-24-32(42)23-38-22-26(3)46-25-27-12-7-6-8-13-27/h6-10,12-15,17-18,20,26,29,32-34,38,42H,4-5,11,16,19,21-25H2,1-3H3,(H,39,43)(H,40,44). The highest BCUT2D eigenvalue weighted by Crippen LogP contribution is 2.23. The number of carbonyl (C=O) groups is 3. The minimum absolute atomic E-state index is 0.00795. The molecule has 1 heterocycles. The Bertz CT molecular complexity index is 1410. The highest BCUT2D eigenvalue weighted by atomic mass is 16.5. The Kier molecular flexibility index (Phi) is 13.6. The Hall–Kier alpha value is -3.79. The molecule has 1 saturated heterocycles. The van der Waals surface area contributed by atoms with Crippen molar-refractivity contribution in [2.24, 2.45) is 5.92 Å². The lowest BCUT2D eigenvalue weighted by Gasteiger charge is -2.29. The van der Waals surface area contributed by atoms with Crippen LogP contribution in [0.4, 0.5) is 0 Å². The summed E-state index contributed by atoms with van der Waals surface area (Å²) in [5, 5.41) is 21.7. The molecule has 9 nitrogen and oxygen atoms in total. The lowest BCUT2D eigenvalue weighted by Crippen LogP contribution is -2.55. The summed E-state index contributed by atoms with van der Waals surface area (Å²) in [6.45, 7) is 7.85. The van der Waals surface area contributed by atoms with Gasteiger partial charge in [0.2, 0.25) is 17.7 Å². The van der Waals surface area contributed by atoms with Crippen molar-refractivity contribution in [3.05, 3.63) is 83.9 Å². The Morgan fingerprint density at radius 3 is 2.37 bits per heavy atom. The normalized spacial score (nSPS) is 16.7. The molecule has 0 bridgehead atoms. The molecule has 0 spiro atoms. The van der Waals surface area contributed by atoms with Crippen LogP contribution in [0.5, 0.6) is 0 Å².